The van der Waals surface area contributed by atoms with Gasteiger partial charge in [0.25, 0.3) is 5.85 Å². The lowest BCUT2D eigenvalue weighted by Crippen LogP contribution is -2.38. The number of carbonyl (C=O) groups excluding carboxylic acids is 1. The zero-order chi connectivity index (χ0) is 13.9. The second-order valence-corrected chi connectivity index (χ2v) is 4.27. The Bertz CT molecular complexity index is 523. The molecule has 1 aromatic rings. The van der Waals surface area contributed by atoms with Crippen LogP contribution in [0.3, 0.4) is 0 Å². The Hall–Kier alpha value is -1.98. The summed E-state index contributed by atoms with van der Waals surface area (Å²) >= 11 is 0. The van der Waals surface area contributed by atoms with Crippen LogP contribution in [0.25, 0.3) is 0 Å². The first kappa shape index (κ1) is 13.5. The summed E-state index contributed by atoms with van der Waals surface area (Å²) in [7, 11) is 0. The zero-order valence-electron chi connectivity index (χ0n) is 10.1. The van der Waals surface area contributed by atoms with E-state index in [4.69, 9.17) is 5.11 Å². The summed E-state index contributed by atoms with van der Waals surface area (Å²) in [6, 6.07) is 8.74. The second-order valence-electron chi connectivity index (χ2n) is 4.27. The van der Waals surface area contributed by atoms with Crippen molar-refractivity contribution in [1.29, 1.82) is 0 Å². The van der Waals surface area contributed by atoms with Crippen molar-refractivity contribution in [2.75, 3.05) is 6.54 Å². The summed E-state index contributed by atoms with van der Waals surface area (Å²) in [5, 5.41) is 21.2. The van der Waals surface area contributed by atoms with Gasteiger partial charge in [0, 0.05) is 11.3 Å². The second kappa shape index (κ2) is 5.34. The summed E-state index contributed by atoms with van der Waals surface area (Å²) in [6.45, 7) is 0.0254. The van der Waals surface area contributed by atoms with Crippen molar-refractivity contribution in [1.82, 2.24) is 5.32 Å². The van der Waals surface area contributed by atoms with Gasteiger partial charge in [0.2, 0.25) is 0 Å². The molecule has 1 aliphatic carbocycles. The van der Waals surface area contributed by atoms with Crippen molar-refractivity contribution in [3.05, 3.63) is 59.8 Å². The Balaban J connectivity index is 1.94. The summed E-state index contributed by atoms with van der Waals surface area (Å²) in [4.78, 5) is 11.8. The molecule has 2 rings (SSSR count). The third-order valence-corrected chi connectivity index (χ3v) is 2.80. The first-order valence-corrected chi connectivity index (χ1v) is 5.81. The number of halogens is 1. The lowest BCUT2D eigenvalue weighted by molar-refractivity contribution is -0.114. The molecule has 3 N–H and O–H groups in total. The molecule has 4 nitrogen and oxygen atoms in total. The van der Waals surface area contributed by atoms with E-state index in [0.29, 0.717) is 11.3 Å². The van der Waals surface area contributed by atoms with Gasteiger partial charge in [-0.05, 0) is 18.2 Å². The van der Waals surface area contributed by atoms with Crippen LogP contribution >= 0.6 is 0 Å². The molecule has 0 spiro atoms. The molecule has 100 valence electrons. The number of hydrogen-bond donors (Lipinski definition) is 3. The molecule has 5 heteroatoms. The molecule has 0 aromatic heterocycles. The fraction of sp³-hybridized carbons (Fsp3) is 0.214. The van der Waals surface area contributed by atoms with Crippen LogP contribution < -0.4 is 5.32 Å². The number of aliphatic hydroxyl groups excluding tert-OH is 1. The fourth-order valence-electron chi connectivity index (χ4n) is 1.67. The Morgan fingerprint density at radius 2 is 2.05 bits per heavy atom. The van der Waals surface area contributed by atoms with Crippen molar-refractivity contribution in [2.45, 2.75) is 12.0 Å². The first-order valence-electron chi connectivity index (χ1n) is 5.81. The molecule has 0 aliphatic heterocycles. The third kappa shape index (κ3) is 3.27. The van der Waals surface area contributed by atoms with Gasteiger partial charge in [-0.3, -0.25) is 4.79 Å². The van der Waals surface area contributed by atoms with E-state index in [0.717, 1.165) is 12.2 Å². The third-order valence-electron chi connectivity index (χ3n) is 2.80. The highest BCUT2D eigenvalue weighted by Gasteiger charge is 2.33. The van der Waals surface area contributed by atoms with Gasteiger partial charge < -0.3 is 15.5 Å². The molecule has 0 bridgehead atoms. The van der Waals surface area contributed by atoms with Crippen LogP contribution in [-0.4, -0.2) is 34.5 Å². The zero-order valence-corrected chi connectivity index (χ0v) is 10.1. The maximum atomic E-state index is 13.2. The number of hydrogen-bond acceptors (Lipinski definition) is 4. The number of aliphatic hydroxyl groups is 2. The van der Waals surface area contributed by atoms with Crippen LogP contribution in [0.4, 0.5) is 4.39 Å². The Morgan fingerprint density at radius 1 is 1.37 bits per heavy atom. The van der Waals surface area contributed by atoms with Crippen molar-refractivity contribution in [3.63, 3.8) is 0 Å². The molecule has 0 fully saturated rings. The Labute approximate surface area is 109 Å². The average Bonchev–Trinajstić information content (AvgIpc) is 2.41. The van der Waals surface area contributed by atoms with Gasteiger partial charge >= 0.3 is 0 Å². The van der Waals surface area contributed by atoms with Gasteiger partial charge in [-0.2, -0.15) is 0 Å². The maximum absolute atomic E-state index is 13.2. The number of carbonyl (C=O) groups is 1. The lowest BCUT2D eigenvalue weighted by atomic mass is 10.0. The van der Waals surface area contributed by atoms with Gasteiger partial charge in [0.1, 0.15) is 6.10 Å². The Morgan fingerprint density at radius 3 is 2.68 bits per heavy atom. The maximum Gasteiger partial charge on any atom is 0.256 e. The van der Waals surface area contributed by atoms with Gasteiger partial charge in [0.05, 0.1) is 6.54 Å². The number of ketones is 1. The van der Waals surface area contributed by atoms with E-state index >= 15 is 0 Å². The molecule has 2 atom stereocenters. The molecule has 0 amide bonds. The highest BCUT2D eigenvalue weighted by molar-refractivity contribution is 5.97. The predicted octanol–water partition coefficient (Wildman–Crippen LogP) is 0.932. The van der Waals surface area contributed by atoms with Crippen molar-refractivity contribution in [2.24, 2.45) is 0 Å². The predicted molar refractivity (Wildman–Crippen MR) is 68.1 cm³/mol. The van der Waals surface area contributed by atoms with Crippen molar-refractivity contribution >= 4 is 5.78 Å². The van der Waals surface area contributed by atoms with Crippen LogP contribution in [-0.2, 0) is 0 Å². The van der Waals surface area contributed by atoms with Gasteiger partial charge in [0.15, 0.2) is 5.78 Å². The minimum absolute atomic E-state index is 0.0254. The number of allylic oxidation sites excluding steroid dienone is 1. The van der Waals surface area contributed by atoms with Gasteiger partial charge in [-0.15, -0.1) is 0 Å². The number of Topliss-reactive ketones (excluding diaryl/α,β-unsaturated/α-hetero) is 1. The number of benzene rings is 1. The summed E-state index contributed by atoms with van der Waals surface area (Å²) in [6.07, 6.45) is 1.60. The first-order chi connectivity index (χ1) is 8.99. The average molecular weight is 263 g/mol. The monoisotopic (exact) mass is 263 g/mol. The van der Waals surface area contributed by atoms with Crippen molar-refractivity contribution in [3.8, 4) is 0 Å². The van der Waals surface area contributed by atoms with E-state index in [1.807, 2.05) is 6.07 Å². The van der Waals surface area contributed by atoms with Crippen LogP contribution in [0.5, 0.6) is 0 Å². The van der Waals surface area contributed by atoms with E-state index in [1.54, 1.807) is 24.3 Å². The molecule has 1 aliphatic rings. The molecule has 19 heavy (non-hydrogen) atoms. The van der Waals surface area contributed by atoms with E-state index in [2.05, 4.69) is 5.32 Å². The molecular formula is C14H14FNO3. The molecule has 2 unspecified atom stereocenters. The van der Waals surface area contributed by atoms with E-state index in [1.165, 1.54) is 6.08 Å². The molecule has 0 saturated heterocycles. The largest absolute Gasteiger partial charge is 0.383 e. The molecule has 0 saturated carbocycles. The molecule has 0 heterocycles. The van der Waals surface area contributed by atoms with E-state index in [9.17, 15) is 14.3 Å². The standard InChI is InChI=1S/C14H14FNO3/c15-14(19)7-6-11(8-13(14)18)16-9-12(17)10-4-2-1-3-5-10/h1-8,13,16,18-19H,9H2. The summed E-state index contributed by atoms with van der Waals surface area (Å²) in [5.74, 6) is -2.88. The molecule has 1 aromatic carbocycles. The quantitative estimate of drug-likeness (QED) is 0.707. The van der Waals surface area contributed by atoms with E-state index in [-0.39, 0.29) is 12.3 Å². The van der Waals surface area contributed by atoms with Crippen LogP contribution in [0.15, 0.2) is 54.3 Å². The normalized spacial score (nSPS) is 25.8. The lowest BCUT2D eigenvalue weighted by Gasteiger charge is -2.23. The van der Waals surface area contributed by atoms with Crippen LogP contribution in [0.2, 0.25) is 0 Å². The molecule has 0 radical (unpaired) electrons. The summed E-state index contributed by atoms with van der Waals surface area (Å²) < 4.78 is 13.2. The smallest absolute Gasteiger partial charge is 0.256 e. The SMILES string of the molecule is O=C(CNC1=CC(O)C(O)(F)C=C1)c1ccccc1. The van der Waals surface area contributed by atoms with E-state index < -0.39 is 12.0 Å². The Kier molecular flexibility index (Phi) is 3.78. The highest BCUT2D eigenvalue weighted by Crippen LogP contribution is 2.21. The topological polar surface area (TPSA) is 69.6 Å². The van der Waals surface area contributed by atoms with Gasteiger partial charge in [-0.25, -0.2) is 4.39 Å². The minimum Gasteiger partial charge on any atom is -0.383 e. The number of alkyl halides is 1. The number of nitrogens with one attached hydrogen (secondary N) is 1. The summed E-state index contributed by atoms with van der Waals surface area (Å²) in [5.41, 5.74) is 0.956. The fourth-order valence-corrected chi connectivity index (χ4v) is 1.67. The van der Waals surface area contributed by atoms with Crippen LogP contribution in [0.1, 0.15) is 10.4 Å². The molecular weight excluding hydrogens is 249 g/mol. The van der Waals surface area contributed by atoms with Crippen molar-refractivity contribution < 1.29 is 19.4 Å². The van der Waals surface area contributed by atoms with Crippen LogP contribution in [0, 0.1) is 0 Å². The highest BCUT2D eigenvalue weighted by atomic mass is 19.2. The van der Waals surface area contributed by atoms with Gasteiger partial charge in [-0.1, -0.05) is 30.3 Å². The number of rotatable bonds is 4. The minimum atomic E-state index is -2.76.